The second kappa shape index (κ2) is 4.75. The van der Waals surface area contributed by atoms with Crippen molar-refractivity contribution < 1.29 is 4.42 Å². The molecule has 1 atom stereocenters. The molecular formula is C18H24N2O. The molecule has 0 aliphatic heterocycles. The molecule has 1 aromatic carbocycles. The molecular weight excluding hydrogens is 260 g/mol. The Bertz CT molecular complexity index is 654. The van der Waals surface area contributed by atoms with Crippen LogP contribution in [-0.2, 0) is 0 Å². The maximum atomic E-state index is 5.83. The predicted octanol–water partition coefficient (Wildman–Crippen LogP) is 5.09. The standard InChI is InChI=1S/C18H24N2O/c1-18(2)9-3-4-14(11-18)19-13-7-8-16-15(10-13)20-17(21-16)12-5-6-12/h7-8,10,12,14,19H,3-6,9,11H2,1-2H3. The molecule has 2 aliphatic carbocycles. The Kier molecular flexibility index (Phi) is 2.98. The van der Waals surface area contributed by atoms with E-state index in [2.05, 4.69) is 42.3 Å². The van der Waals surface area contributed by atoms with Crippen LogP contribution in [0, 0.1) is 5.41 Å². The molecule has 2 aliphatic rings. The van der Waals surface area contributed by atoms with Gasteiger partial charge in [0.1, 0.15) is 5.52 Å². The normalized spacial score (nSPS) is 25.1. The van der Waals surface area contributed by atoms with Gasteiger partial charge in [-0.3, -0.25) is 0 Å². The number of aromatic nitrogens is 1. The van der Waals surface area contributed by atoms with Crippen molar-refractivity contribution in [1.29, 1.82) is 0 Å². The topological polar surface area (TPSA) is 38.1 Å². The third kappa shape index (κ3) is 2.78. The molecule has 2 saturated carbocycles. The Hall–Kier alpha value is -1.51. The maximum Gasteiger partial charge on any atom is 0.198 e. The molecule has 4 rings (SSSR count). The van der Waals surface area contributed by atoms with E-state index in [1.165, 1.54) is 44.2 Å². The quantitative estimate of drug-likeness (QED) is 0.853. The van der Waals surface area contributed by atoms with Crippen molar-refractivity contribution in [2.75, 3.05) is 5.32 Å². The van der Waals surface area contributed by atoms with E-state index in [0.29, 0.717) is 17.4 Å². The van der Waals surface area contributed by atoms with Crippen molar-refractivity contribution in [3.63, 3.8) is 0 Å². The highest BCUT2D eigenvalue weighted by Gasteiger charge is 2.29. The molecule has 3 nitrogen and oxygen atoms in total. The molecule has 1 aromatic heterocycles. The summed E-state index contributed by atoms with van der Waals surface area (Å²) >= 11 is 0. The molecule has 3 heteroatoms. The van der Waals surface area contributed by atoms with Crippen molar-refractivity contribution >= 4 is 16.8 Å². The van der Waals surface area contributed by atoms with Gasteiger partial charge >= 0.3 is 0 Å². The monoisotopic (exact) mass is 284 g/mol. The minimum Gasteiger partial charge on any atom is -0.440 e. The van der Waals surface area contributed by atoms with Crippen LogP contribution in [0.3, 0.4) is 0 Å². The summed E-state index contributed by atoms with van der Waals surface area (Å²) in [5.74, 6) is 1.51. The SMILES string of the molecule is CC1(C)CCCC(Nc2ccc3oc(C4CC4)nc3c2)C1. The molecule has 0 spiro atoms. The molecule has 0 amide bonds. The summed E-state index contributed by atoms with van der Waals surface area (Å²) < 4.78 is 5.83. The van der Waals surface area contributed by atoms with Crippen molar-refractivity contribution in [3.05, 3.63) is 24.1 Å². The van der Waals surface area contributed by atoms with Crippen LogP contribution in [0.15, 0.2) is 22.6 Å². The number of hydrogen-bond acceptors (Lipinski definition) is 3. The van der Waals surface area contributed by atoms with Crippen LogP contribution in [0.2, 0.25) is 0 Å². The van der Waals surface area contributed by atoms with E-state index < -0.39 is 0 Å². The molecule has 0 saturated heterocycles. The number of hydrogen-bond donors (Lipinski definition) is 1. The van der Waals surface area contributed by atoms with Crippen molar-refractivity contribution in [3.8, 4) is 0 Å². The molecule has 2 fully saturated rings. The molecule has 1 heterocycles. The first-order valence-corrected chi connectivity index (χ1v) is 8.26. The molecule has 0 bridgehead atoms. The zero-order valence-electron chi connectivity index (χ0n) is 13.0. The Morgan fingerprint density at radius 1 is 1.24 bits per heavy atom. The molecule has 21 heavy (non-hydrogen) atoms. The molecule has 1 unspecified atom stereocenters. The van der Waals surface area contributed by atoms with Crippen LogP contribution in [0.25, 0.3) is 11.1 Å². The predicted molar refractivity (Wildman–Crippen MR) is 85.6 cm³/mol. The minimum absolute atomic E-state index is 0.465. The van der Waals surface area contributed by atoms with Gasteiger partial charge in [-0.05, 0) is 55.7 Å². The third-order valence-corrected chi connectivity index (χ3v) is 4.91. The molecule has 2 aromatic rings. The lowest BCUT2D eigenvalue weighted by Crippen LogP contribution is -2.31. The van der Waals surface area contributed by atoms with Crippen LogP contribution < -0.4 is 5.32 Å². The fourth-order valence-corrected chi connectivity index (χ4v) is 3.60. The fourth-order valence-electron chi connectivity index (χ4n) is 3.60. The number of fused-ring (bicyclic) bond motifs is 1. The van der Waals surface area contributed by atoms with E-state index in [9.17, 15) is 0 Å². The lowest BCUT2D eigenvalue weighted by atomic mass is 9.75. The number of benzene rings is 1. The highest BCUT2D eigenvalue weighted by Crippen LogP contribution is 2.41. The Morgan fingerprint density at radius 2 is 2.10 bits per heavy atom. The lowest BCUT2D eigenvalue weighted by molar-refractivity contribution is 0.229. The molecule has 112 valence electrons. The second-order valence-electron chi connectivity index (χ2n) is 7.61. The smallest absolute Gasteiger partial charge is 0.198 e. The van der Waals surface area contributed by atoms with Gasteiger partial charge < -0.3 is 9.73 Å². The Balaban J connectivity index is 1.53. The van der Waals surface area contributed by atoms with E-state index >= 15 is 0 Å². The molecule has 0 radical (unpaired) electrons. The number of oxazole rings is 1. The summed E-state index contributed by atoms with van der Waals surface area (Å²) in [6.45, 7) is 4.76. The summed E-state index contributed by atoms with van der Waals surface area (Å²) in [6.07, 6.45) is 7.65. The van der Waals surface area contributed by atoms with Gasteiger partial charge in [-0.1, -0.05) is 20.3 Å². The van der Waals surface area contributed by atoms with Gasteiger partial charge in [-0.25, -0.2) is 4.98 Å². The number of anilines is 1. The van der Waals surface area contributed by atoms with Gasteiger partial charge in [0.15, 0.2) is 11.5 Å². The second-order valence-corrected chi connectivity index (χ2v) is 7.61. The van der Waals surface area contributed by atoms with Crippen LogP contribution in [0.5, 0.6) is 0 Å². The summed E-state index contributed by atoms with van der Waals surface area (Å²) in [6, 6.07) is 6.92. The van der Waals surface area contributed by atoms with Gasteiger partial charge in [-0.2, -0.15) is 0 Å². The Morgan fingerprint density at radius 3 is 2.86 bits per heavy atom. The summed E-state index contributed by atoms with van der Waals surface area (Å²) in [7, 11) is 0. The molecule has 1 N–H and O–H groups in total. The van der Waals surface area contributed by atoms with E-state index in [1.807, 2.05) is 0 Å². The van der Waals surface area contributed by atoms with Gasteiger partial charge in [-0.15, -0.1) is 0 Å². The average Bonchev–Trinajstić information content (AvgIpc) is 3.18. The van der Waals surface area contributed by atoms with Crippen molar-refractivity contribution in [2.45, 2.75) is 64.3 Å². The van der Waals surface area contributed by atoms with Gasteiger partial charge in [0, 0.05) is 17.6 Å². The van der Waals surface area contributed by atoms with Crippen molar-refractivity contribution in [2.24, 2.45) is 5.41 Å². The van der Waals surface area contributed by atoms with E-state index in [0.717, 1.165) is 17.0 Å². The van der Waals surface area contributed by atoms with Gasteiger partial charge in [0.2, 0.25) is 0 Å². The third-order valence-electron chi connectivity index (χ3n) is 4.91. The maximum absolute atomic E-state index is 5.83. The summed E-state index contributed by atoms with van der Waals surface area (Å²) in [5.41, 5.74) is 3.57. The highest BCUT2D eigenvalue weighted by atomic mass is 16.3. The van der Waals surface area contributed by atoms with E-state index in [1.54, 1.807) is 0 Å². The largest absolute Gasteiger partial charge is 0.440 e. The first kappa shape index (κ1) is 13.2. The van der Waals surface area contributed by atoms with Crippen LogP contribution >= 0.6 is 0 Å². The lowest BCUT2D eigenvalue weighted by Gasteiger charge is -2.36. The van der Waals surface area contributed by atoms with Crippen LogP contribution in [0.4, 0.5) is 5.69 Å². The summed E-state index contributed by atoms with van der Waals surface area (Å²) in [5, 5.41) is 3.70. The number of nitrogens with zero attached hydrogens (tertiary/aromatic N) is 1. The number of rotatable bonds is 3. The zero-order chi connectivity index (χ0) is 14.4. The first-order valence-electron chi connectivity index (χ1n) is 8.26. The Labute approximate surface area is 126 Å². The first-order chi connectivity index (χ1) is 10.1. The van der Waals surface area contributed by atoms with Crippen molar-refractivity contribution in [1.82, 2.24) is 4.98 Å². The van der Waals surface area contributed by atoms with Gasteiger partial charge in [0.05, 0.1) is 0 Å². The highest BCUT2D eigenvalue weighted by molar-refractivity contribution is 5.77. The average molecular weight is 284 g/mol. The number of nitrogens with one attached hydrogen (secondary N) is 1. The van der Waals surface area contributed by atoms with Gasteiger partial charge in [0.25, 0.3) is 0 Å². The fraction of sp³-hybridized carbons (Fsp3) is 0.611. The van der Waals surface area contributed by atoms with Crippen LogP contribution in [0.1, 0.15) is 64.2 Å². The minimum atomic E-state index is 0.465. The van der Waals surface area contributed by atoms with E-state index in [-0.39, 0.29) is 0 Å². The van der Waals surface area contributed by atoms with Crippen LogP contribution in [-0.4, -0.2) is 11.0 Å². The van der Waals surface area contributed by atoms with E-state index in [4.69, 9.17) is 4.42 Å². The zero-order valence-corrected chi connectivity index (χ0v) is 13.0. The summed E-state index contributed by atoms with van der Waals surface area (Å²) in [4.78, 5) is 4.65.